The van der Waals surface area contributed by atoms with Crippen molar-refractivity contribution in [3.8, 4) is 23.7 Å². The molecule has 2 aliphatic rings. The van der Waals surface area contributed by atoms with Crippen LogP contribution in [-0.4, -0.2) is 56.0 Å². The van der Waals surface area contributed by atoms with Crippen LogP contribution in [0.2, 0.25) is 0 Å². The molecule has 1 saturated heterocycles. The zero-order valence-electron chi connectivity index (χ0n) is 17.3. The number of carbonyl (C=O) groups is 1. The zero-order valence-corrected chi connectivity index (χ0v) is 18.1. The van der Waals surface area contributed by atoms with Crippen LogP contribution in [0.3, 0.4) is 0 Å². The summed E-state index contributed by atoms with van der Waals surface area (Å²) in [7, 11) is -2.68. The van der Waals surface area contributed by atoms with Gasteiger partial charge in [0.25, 0.3) is 5.91 Å². The van der Waals surface area contributed by atoms with Gasteiger partial charge in [0.15, 0.2) is 11.4 Å². The lowest BCUT2D eigenvalue weighted by molar-refractivity contribution is -0.00323. The number of carbonyl (C=O) groups excluding carboxylic acids is 1. The van der Waals surface area contributed by atoms with E-state index in [0.29, 0.717) is 13.2 Å². The predicted octanol–water partition coefficient (Wildman–Crippen LogP) is 0.338. The summed E-state index contributed by atoms with van der Waals surface area (Å²) in [5, 5.41) is 21.8. The molecule has 0 spiro atoms. The molecule has 0 radical (unpaired) electrons. The van der Waals surface area contributed by atoms with E-state index in [1.54, 1.807) is 6.07 Å². The highest BCUT2D eigenvalue weighted by molar-refractivity contribution is 7.89. The molecule has 1 fully saturated rings. The van der Waals surface area contributed by atoms with Crippen molar-refractivity contribution in [2.45, 2.75) is 17.0 Å². The number of aromatic nitrogens is 1. The largest absolute Gasteiger partial charge is 0.488 e. The van der Waals surface area contributed by atoms with Crippen molar-refractivity contribution in [1.82, 2.24) is 9.29 Å². The SMILES string of the molecule is Cn1cc2c(c1C(=O)Nc1ccc(F)c(C#N)c1)OCC(C(O)C#CC1COC1)NS2(=O)=O. The Labute approximate surface area is 189 Å². The maximum Gasteiger partial charge on any atom is 0.276 e. The van der Waals surface area contributed by atoms with Crippen LogP contribution in [0.1, 0.15) is 16.1 Å². The van der Waals surface area contributed by atoms with E-state index in [1.807, 2.05) is 0 Å². The van der Waals surface area contributed by atoms with E-state index in [2.05, 4.69) is 21.9 Å². The summed E-state index contributed by atoms with van der Waals surface area (Å²) in [5.74, 6) is 3.77. The second-order valence-electron chi connectivity index (χ2n) is 7.55. The standard InChI is InChI=1S/C21H19FN4O6S/c1-26-8-18-20(19(26)21(28)24-14-3-4-15(22)13(6-14)7-23)32-11-16(25-33(18,29)30)17(27)5-2-12-9-31-10-12/h3-4,6,8,12,16-17,25,27H,9-11H2,1H3,(H,24,28). The summed E-state index contributed by atoms with van der Waals surface area (Å²) < 4.78 is 53.6. The fourth-order valence-corrected chi connectivity index (χ4v) is 4.72. The Balaban J connectivity index is 1.59. The molecule has 1 aromatic carbocycles. The smallest absolute Gasteiger partial charge is 0.276 e. The number of sulfonamides is 1. The molecule has 2 aliphatic heterocycles. The second-order valence-corrected chi connectivity index (χ2v) is 9.23. The van der Waals surface area contributed by atoms with Gasteiger partial charge in [0.1, 0.15) is 29.5 Å². The van der Waals surface area contributed by atoms with Gasteiger partial charge in [-0.25, -0.2) is 17.5 Å². The fraction of sp³-hybridized carbons (Fsp3) is 0.333. The molecule has 4 rings (SSSR count). The van der Waals surface area contributed by atoms with E-state index in [0.717, 1.165) is 12.1 Å². The number of aliphatic hydroxyl groups excluding tert-OH is 1. The van der Waals surface area contributed by atoms with E-state index < -0.39 is 33.9 Å². The molecule has 0 aliphatic carbocycles. The molecule has 2 atom stereocenters. The number of aryl methyl sites for hydroxylation is 1. The number of amides is 1. The number of nitriles is 1. The van der Waals surface area contributed by atoms with Crippen LogP contribution in [0.4, 0.5) is 10.1 Å². The van der Waals surface area contributed by atoms with Crippen molar-refractivity contribution in [3.05, 3.63) is 41.5 Å². The molecule has 3 N–H and O–H groups in total. The molecule has 2 aromatic rings. The number of hydrogen-bond acceptors (Lipinski definition) is 7. The Morgan fingerprint density at radius 3 is 2.82 bits per heavy atom. The van der Waals surface area contributed by atoms with Gasteiger partial charge >= 0.3 is 0 Å². The third kappa shape index (κ3) is 4.55. The van der Waals surface area contributed by atoms with Gasteiger partial charge in [-0.2, -0.15) is 5.26 Å². The molecular weight excluding hydrogens is 455 g/mol. The summed E-state index contributed by atoms with van der Waals surface area (Å²) in [6.45, 7) is 0.644. The highest BCUT2D eigenvalue weighted by Crippen LogP contribution is 2.33. The number of benzene rings is 1. The minimum absolute atomic E-state index is 0.00953. The third-order valence-corrected chi connectivity index (χ3v) is 6.60. The first-order chi connectivity index (χ1) is 15.7. The first-order valence-corrected chi connectivity index (χ1v) is 11.3. The first kappa shape index (κ1) is 22.8. The number of halogens is 1. The number of ether oxygens (including phenoxy) is 2. The van der Waals surface area contributed by atoms with E-state index in [-0.39, 0.29) is 40.1 Å². The lowest BCUT2D eigenvalue weighted by Gasteiger charge is -2.21. The van der Waals surface area contributed by atoms with Gasteiger partial charge in [0.05, 0.1) is 30.7 Å². The van der Waals surface area contributed by atoms with E-state index in [9.17, 15) is 22.7 Å². The van der Waals surface area contributed by atoms with Crippen molar-refractivity contribution >= 4 is 21.6 Å². The van der Waals surface area contributed by atoms with Crippen LogP contribution in [-0.2, 0) is 21.8 Å². The molecule has 10 nitrogen and oxygen atoms in total. The minimum Gasteiger partial charge on any atom is -0.488 e. The molecule has 2 unspecified atom stereocenters. The quantitative estimate of drug-likeness (QED) is 0.545. The van der Waals surface area contributed by atoms with E-state index in [1.165, 1.54) is 23.9 Å². The van der Waals surface area contributed by atoms with Crippen molar-refractivity contribution in [1.29, 1.82) is 5.26 Å². The first-order valence-electron chi connectivity index (χ1n) is 9.82. The maximum absolute atomic E-state index is 13.6. The maximum atomic E-state index is 13.6. The van der Waals surface area contributed by atoms with Gasteiger partial charge in [0, 0.05) is 18.9 Å². The lowest BCUT2D eigenvalue weighted by atomic mass is 10.1. The average molecular weight is 474 g/mol. The number of anilines is 1. The van der Waals surface area contributed by atoms with Crippen LogP contribution in [0.25, 0.3) is 0 Å². The van der Waals surface area contributed by atoms with Crippen molar-refractivity contribution in [3.63, 3.8) is 0 Å². The van der Waals surface area contributed by atoms with Gasteiger partial charge in [-0.1, -0.05) is 11.8 Å². The minimum atomic E-state index is -4.15. The average Bonchev–Trinajstić information content (AvgIpc) is 3.01. The number of nitrogens with zero attached hydrogens (tertiary/aromatic N) is 2. The Kier molecular flexibility index (Phi) is 6.10. The van der Waals surface area contributed by atoms with Crippen molar-refractivity contribution in [2.24, 2.45) is 13.0 Å². The molecule has 33 heavy (non-hydrogen) atoms. The molecule has 0 saturated carbocycles. The Hall–Kier alpha value is -3.42. The van der Waals surface area contributed by atoms with Crippen LogP contribution in [0.5, 0.6) is 5.75 Å². The lowest BCUT2D eigenvalue weighted by Crippen LogP contribution is -2.45. The Bertz CT molecular complexity index is 1320. The Morgan fingerprint density at radius 2 is 2.15 bits per heavy atom. The second kappa shape index (κ2) is 8.84. The van der Waals surface area contributed by atoms with Gasteiger partial charge < -0.3 is 24.5 Å². The molecule has 1 amide bonds. The van der Waals surface area contributed by atoms with Gasteiger partial charge in [-0.15, -0.1) is 0 Å². The summed E-state index contributed by atoms with van der Waals surface area (Å²) in [4.78, 5) is 12.6. The molecule has 0 bridgehead atoms. The van der Waals surface area contributed by atoms with Gasteiger partial charge in [0.2, 0.25) is 10.0 Å². The summed E-state index contributed by atoms with van der Waals surface area (Å²) in [6.07, 6.45) is -0.122. The number of hydrogen-bond donors (Lipinski definition) is 3. The molecule has 3 heterocycles. The summed E-state index contributed by atoms with van der Waals surface area (Å²) >= 11 is 0. The van der Waals surface area contributed by atoms with Gasteiger partial charge in [-0.3, -0.25) is 4.79 Å². The van der Waals surface area contributed by atoms with Gasteiger partial charge in [-0.05, 0) is 18.2 Å². The molecular formula is C21H19FN4O6S. The van der Waals surface area contributed by atoms with Crippen LogP contribution >= 0.6 is 0 Å². The third-order valence-electron chi connectivity index (χ3n) is 5.12. The number of aliphatic hydroxyl groups is 1. The van der Waals surface area contributed by atoms with Crippen molar-refractivity contribution < 1.29 is 32.2 Å². The van der Waals surface area contributed by atoms with E-state index in [4.69, 9.17) is 14.7 Å². The summed E-state index contributed by atoms with van der Waals surface area (Å²) in [5.41, 5.74) is -0.218. The number of fused-ring (bicyclic) bond motifs is 1. The zero-order chi connectivity index (χ0) is 23.8. The van der Waals surface area contributed by atoms with Crippen molar-refractivity contribution in [2.75, 3.05) is 25.1 Å². The number of rotatable bonds is 3. The normalized spacial score (nSPS) is 20.0. The monoisotopic (exact) mass is 474 g/mol. The molecule has 1 aromatic heterocycles. The van der Waals surface area contributed by atoms with Crippen LogP contribution < -0.4 is 14.8 Å². The molecule has 172 valence electrons. The van der Waals surface area contributed by atoms with E-state index >= 15 is 0 Å². The highest BCUT2D eigenvalue weighted by Gasteiger charge is 2.36. The number of nitrogens with one attached hydrogen (secondary N) is 2. The Morgan fingerprint density at radius 1 is 1.39 bits per heavy atom. The topological polar surface area (TPSA) is 143 Å². The highest BCUT2D eigenvalue weighted by atomic mass is 32.2. The van der Waals surface area contributed by atoms with Crippen LogP contribution in [0, 0.1) is 34.9 Å². The fourth-order valence-electron chi connectivity index (χ4n) is 3.30. The van der Waals surface area contributed by atoms with Crippen LogP contribution in [0.15, 0.2) is 29.3 Å². The predicted molar refractivity (Wildman–Crippen MR) is 112 cm³/mol. The molecule has 12 heteroatoms. The summed E-state index contributed by atoms with van der Waals surface area (Å²) in [6, 6.07) is 4.08.